The summed E-state index contributed by atoms with van der Waals surface area (Å²) in [5.74, 6) is 0.541. The highest BCUT2D eigenvalue weighted by Gasteiger charge is 2.09. The third-order valence-corrected chi connectivity index (χ3v) is 3.03. The van der Waals surface area contributed by atoms with Gasteiger partial charge in [-0.25, -0.2) is 4.98 Å². The third-order valence-electron chi connectivity index (χ3n) is 3.03. The lowest BCUT2D eigenvalue weighted by Gasteiger charge is -2.04. The van der Waals surface area contributed by atoms with Gasteiger partial charge in [0.15, 0.2) is 0 Å². The molecule has 0 fully saturated rings. The first-order valence-electron chi connectivity index (χ1n) is 5.83. The maximum atomic E-state index is 5.98. The average Bonchev–Trinajstić information content (AvgIpc) is 2.86. The van der Waals surface area contributed by atoms with Crippen molar-refractivity contribution >= 4 is 17.0 Å². The van der Waals surface area contributed by atoms with Crippen LogP contribution in [-0.4, -0.2) is 19.3 Å². The molecule has 92 valence electrons. The lowest BCUT2D eigenvalue weighted by molar-refractivity contribution is 0.765. The van der Waals surface area contributed by atoms with Crippen LogP contribution in [0.25, 0.3) is 11.0 Å². The van der Waals surface area contributed by atoms with Gasteiger partial charge in [0.1, 0.15) is 0 Å². The van der Waals surface area contributed by atoms with E-state index in [1.807, 2.05) is 36.1 Å². The molecule has 3 aromatic rings. The molecule has 0 bridgehead atoms. The molecule has 0 radical (unpaired) electrons. The molecule has 5 heteroatoms. The van der Waals surface area contributed by atoms with Gasteiger partial charge >= 0.3 is 0 Å². The van der Waals surface area contributed by atoms with Crippen molar-refractivity contribution in [3.8, 4) is 0 Å². The van der Waals surface area contributed by atoms with Crippen LogP contribution in [0.4, 0.5) is 5.95 Å². The Morgan fingerprint density at radius 2 is 2.17 bits per heavy atom. The van der Waals surface area contributed by atoms with Gasteiger partial charge in [-0.1, -0.05) is 6.07 Å². The topological polar surface area (TPSA) is 61.7 Å². The predicted molar refractivity (Wildman–Crippen MR) is 71.2 cm³/mol. The summed E-state index contributed by atoms with van der Waals surface area (Å²) in [7, 11) is 1.91. The fourth-order valence-electron chi connectivity index (χ4n) is 2.15. The summed E-state index contributed by atoms with van der Waals surface area (Å²) in [5.41, 5.74) is 10.3. The first-order chi connectivity index (χ1) is 8.63. The molecule has 2 aromatic heterocycles. The van der Waals surface area contributed by atoms with E-state index in [2.05, 4.69) is 23.1 Å². The minimum Gasteiger partial charge on any atom is -0.369 e. The Morgan fingerprint density at radius 3 is 2.89 bits per heavy atom. The maximum Gasteiger partial charge on any atom is 0.201 e. The van der Waals surface area contributed by atoms with Crippen LogP contribution in [0.3, 0.4) is 0 Å². The number of hydrogen-bond donors (Lipinski definition) is 1. The molecular weight excluding hydrogens is 226 g/mol. The minimum atomic E-state index is 0.541. The van der Waals surface area contributed by atoms with Crippen molar-refractivity contribution in [1.82, 2.24) is 19.3 Å². The van der Waals surface area contributed by atoms with Gasteiger partial charge in [-0.05, 0) is 24.6 Å². The zero-order valence-corrected chi connectivity index (χ0v) is 10.5. The molecule has 0 aliphatic rings. The monoisotopic (exact) mass is 241 g/mol. The molecule has 18 heavy (non-hydrogen) atoms. The number of imidazole rings is 1. The van der Waals surface area contributed by atoms with Crippen LogP contribution < -0.4 is 5.73 Å². The molecule has 0 saturated heterocycles. The van der Waals surface area contributed by atoms with Crippen LogP contribution >= 0.6 is 0 Å². The van der Waals surface area contributed by atoms with E-state index in [1.165, 1.54) is 5.56 Å². The Balaban J connectivity index is 2.10. The van der Waals surface area contributed by atoms with Crippen molar-refractivity contribution < 1.29 is 0 Å². The molecule has 0 spiro atoms. The molecule has 0 aliphatic carbocycles. The quantitative estimate of drug-likeness (QED) is 0.743. The molecule has 0 atom stereocenters. The normalized spacial score (nSPS) is 11.2. The summed E-state index contributed by atoms with van der Waals surface area (Å²) >= 11 is 0. The van der Waals surface area contributed by atoms with E-state index in [0.29, 0.717) is 12.5 Å². The van der Waals surface area contributed by atoms with Crippen molar-refractivity contribution in [1.29, 1.82) is 0 Å². The molecule has 5 nitrogen and oxygen atoms in total. The minimum absolute atomic E-state index is 0.541. The first-order valence-corrected chi connectivity index (χ1v) is 5.83. The number of nitrogens with zero attached hydrogens (tertiary/aromatic N) is 4. The lowest BCUT2D eigenvalue weighted by Crippen LogP contribution is -2.04. The van der Waals surface area contributed by atoms with E-state index >= 15 is 0 Å². The number of benzene rings is 1. The summed E-state index contributed by atoms with van der Waals surface area (Å²) in [6, 6.07) is 6.15. The molecule has 0 unspecified atom stereocenters. The zero-order valence-electron chi connectivity index (χ0n) is 10.5. The van der Waals surface area contributed by atoms with Crippen molar-refractivity contribution in [2.75, 3.05) is 5.73 Å². The van der Waals surface area contributed by atoms with Gasteiger partial charge in [0, 0.05) is 18.8 Å². The lowest BCUT2D eigenvalue weighted by atomic mass is 10.2. The molecule has 2 heterocycles. The molecular formula is C13H15N5. The van der Waals surface area contributed by atoms with Crippen LogP contribution in [0.2, 0.25) is 0 Å². The Labute approximate surface area is 105 Å². The van der Waals surface area contributed by atoms with Gasteiger partial charge in [0.25, 0.3) is 0 Å². The Hall–Kier alpha value is -2.30. The summed E-state index contributed by atoms with van der Waals surface area (Å²) in [6.07, 6.45) is 3.84. The molecule has 0 aliphatic heterocycles. The summed E-state index contributed by atoms with van der Waals surface area (Å²) in [6.45, 7) is 2.76. The van der Waals surface area contributed by atoms with Crippen LogP contribution in [-0.2, 0) is 13.6 Å². The van der Waals surface area contributed by atoms with E-state index < -0.39 is 0 Å². The Morgan fingerprint density at radius 1 is 1.33 bits per heavy atom. The fourth-order valence-corrected chi connectivity index (χ4v) is 2.15. The van der Waals surface area contributed by atoms with Crippen molar-refractivity contribution in [3.63, 3.8) is 0 Å². The highest BCUT2D eigenvalue weighted by Crippen LogP contribution is 2.20. The Bertz CT molecular complexity index is 707. The second-order valence-electron chi connectivity index (χ2n) is 4.57. The van der Waals surface area contributed by atoms with Crippen LogP contribution in [0.1, 0.15) is 11.1 Å². The third kappa shape index (κ3) is 1.73. The van der Waals surface area contributed by atoms with Crippen LogP contribution in [0, 0.1) is 6.92 Å². The van der Waals surface area contributed by atoms with Gasteiger partial charge < -0.3 is 10.3 Å². The standard InChI is InChI=1S/C13H15N5/c1-9-3-4-11-12(5-9)18(13(14)16-11)8-10-6-15-17(2)7-10/h3-7H,8H2,1-2H3,(H2,14,16). The SMILES string of the molecule is Cc1ccc2nc(N)n(Cc3cnn(C)c3)c2c1. The van der Waals surface area contributed by atoms with Gasteiger partial charge in [0.05, 0.1) is 23.8 Å². The number of nitrogens with two attached hydrogens (primary N) is 1. The van der Waals surface area contributed by atoms with E-state index in [0.717, 1.165) is 16.6 Å². The molecule has 0 saturated carbocycles. The van der Waals surface area contributed by atoms with Gasteiger partial charge in [0.2, 0.25) is 5.95 Å². The number of hydrogen-bond acceptors (Lipinski definition) is 3. The van der Waals surface area contributed by atoms with Crippen LogP contribution in [0.5, 0.6) is 0 Å². The number of nitrogen functional groups attached to an aromatic ring is 1. The molecule has 0 amide bonds. The molecule has 1 aromatic carbocycles. The Kier molecular flexibility index (Phi) is 2.33. The number of fused-ring (bicyclic) bond motifs is 1. The van der Waals surface area contributed by atoms with E-state index in [1.54, 1.807) is 4.68 Å². The predicted octanol–water partition coefficient (Wildman–Crippen LogP) is 1.71. The maximum absolute atomic E-state index is 5.98. The summed E-state index contributed by atoms with van der Waals surface area (Å²) in [4.78, 5) is 4.37. The largest absolute Gasteiger partial charge is 0.369 e. The van der Waals surface area contributed by atoms with E-state index in [-0.39, 0.29) is 0 Å². The van der Waals surface area contributed by atoms with Gasteiger partial charge in [-0.2, -0.15) is 5.10 Å². The molecule has 2 N–H and O–H groups in total. The second-order valence-corrected chi connectivity index (χ2v) is 4.57. The summed E-state index contributed by atoms with van der Waals surface area (Å²) in [5, 5.41) is 4.17. The number of rotatable bonds is 2. The van der Waals surface area contributed by atoms with Gasteiger partial charge in [-0.15, -0.1) is 0 Å². The van der Waals surface area contributed by atoms with Gasteiger partial charge in [-0.3, -0.25) is 4.68 Å². The molecule has 3 rings (SSSR count). The number of anilines is 1. The van der Waals surface area contributed by atoms with Crippen LogP contribution in [0.15, 0.2) is 30.6 Å². The number of aryl methyl sites for hydroxylation is 2. The smallest absolute Gasteiger partial charge is 0.201 e. The summed E-state index contributed by atoms with van der Waals surface area (Å²) < 4.78 is 3.80. The zero-order chi connectivity index (χ0) is 12.7. The van der Waals surface area contributed by atoms with E-state index in [9.17, 15) is 0 Å². The van der Waals surface area contributed by atoms with Crippen molar-refractivity contribution in [2.24, 2.45) is 7.05 Å². The highest BCUT2D eigenvalue weighted by molar-refractivity contribution is 5.79. The van der Waals surface area contributed by atoms with E-state index in [4.69, 9.17) is 5.73 Å². The highest BCUT2D eigenvalue weighted by atomic mass is 15.2. The first kappa shape index (κ1) is 10.8. The fraction of sp³-hybridized carbons (Fsp3) is 0.231. The van der Waals surface area contributed by atoms with Crippen molar-refractivity contribution in [3.05, 3.63) is 41.7 Å². The number of aromatic nitrogens is 4. The second kappa shape index (κ2) is 3.87. The average molecular weight is 241 g/mol. The van der Waals surface area contributed by atoms with Crippen molar-refractivity contribution in [2.45, 2.75) is 13.5 Å².